The first kappa shape index (κ1) is 11.4. The molecule has 2 aromatic carbocycles. The van der Waals surface area contributed by atoms with Gasteiger partial charge >= 0.3 is 0 Å². The number of imidazole rings is 1. The van der Waals surface area contributed by atoms with E-state index in [9.17, 15) is 0 Å². The van der Waals surface area contributed by atoms with Crippen LogP contribution in [0.25, 0.3) is 33.3 Å². The molecule has 96 valence electrons. The third kappa shape index (κ3) is 1.75. The zero-order valence-electron chi connectivity index (χ0n) is 10.5. The van der Waals surface area contributed by atoms with Crippen molar-refractivity contribution in [3.05, 3.63) is 59.8 Å². The van der Waals surface area contributed by atoms with Crippen LogP contribution in [0.3, 0.4) is 0 Å². The zero-order valence-corrected chi connectivity index (χ0v) is 11.2. The Morgan fingerprint density at radius 3 is 2.45 bits per heavy atom. The van der Waals surface area contributed by atoms with E-state index in [0.29, 0.717) is 5.15 Å². The minimum atomic E-state index is 0.461. The third-order valence-corrected chi connectivity index (χ3v) is 3.61. The van der Waals surface area contributed by atoms with Crippen LogP contribution < -0.4 is 0 Å². The first-order chi connectivity index (χ1) is 9.81. The van der Waals surface area contributed by atoms with E-state index < -0.39 is 0 Å². The largest absolute Gasteiger partial charge is 0.338 e. The smallest absolute Gasteiger partial charge is 0.141 e. The summed E-state index contributed by atoms with van der Waals surface area (Å²) < 4.78 is 0. The normalized spacial score (nSPS) is 11.2. The number of para-hydroxylation sites is 3. The van der Waals surface area contributed by atoms with E-state index in [1.807, 2.05) is 54.6 Å². The van der Waals surface area contributed by atoms with Crippen LogP contribution in [0.15, 0.2) is 54.6 Å². The maximum Gasteiger partial charge on any atom is 0.141 e. The number of aromatic amines is 1. The first-order valence-corrected chi connectivity index (χ1v) is 6.69. The number of nitrogens with zero attached hydrogens (tertiary/aromatic N) is 2. The number of fused-ring (bicyclic) bond motifs is 2. The SMILES string of the molecule is Clc1nc2ccccc2cc1-c1nc2ccccc2[nH]1. The van der Waals surface area contributed by atoms with Gasteiger partial charge in [-0.05, 0) is 24.3 Å². The van der Waals surface area contributed by atoms with E-state index in [0.717, 1.165) is 33.3 Å². The molecule has 0 amide bonds. The molecule has 0 spiro atoms. The molecule has 0 radical (unpaired) electrons. The van der Waals surface area contributed by atoms with Crippen molar-refractivity contribution in [1.29, 1.82) is 0 Å². The number of aromatic nitrogens is 3. The molecular formula is C16H10ClN3. The Kier molecular flexibility index (Phi) is 2.47. The van der Waals surface area contributed by atoms with Gasteiger partial charge in [0, 0.05) is 5.39 Å². The topological polar surface area (TPSA) is 41.6 Å². The highest BCUT2D eigenvalue weighted by atomic mass is 35.5. The van der Waals surface area contributed by atoms with Gasteiger partial charge in [-0.3, -0.25) is 0 Å². The van der Waals surface area contributed by atoms with Crippen LogP contribution in [-0.4, -0.2) is 15.0 Å². The number of hydrogen-bond acceptors (Lipinski definition) is 2. The molecule has 2 aromatic heterocycles. The van der Waals surface area contributed by atoms with Crippen LogP contribution >= 0.6 is 11.6 Å². The Balaban J connectivity index is 1.98. The quantitative estimate of drug-likeness (QED) is 0.524. The van der Waals surface area contributed by atoms with Crippen molar-refractivity contribution >= 4 is 33.5 Å². The van der Waals surface area contributed by atoms with Crippen LogP contribution in [0, 0.1) is 0 Å². The summed E-state index contributed by atoms with van der Waals surface area (Å²) in [7, 11) is 0. The van der Waals surface area contributed by atoms with Crippen molar-refractivity contribution < 1.29 is 0 Å². The molecule has 0 saturated heterocycles. The highest BCUT2D eigenvalue weighted by molar-refractivity contribution is 6.32. The molecular weight excluding hydrogens is 270 g/mol. The lowest BCUT2D eigenvalue weighted by molar-refractivity contribution is 1.31. The maximum absolute atomic E-state index is 6.29. The predicted molar refractivity (Wildman–Crippen MR) is 81.8 cm³/mol. The van der Waals surface area contributed by atoms with Crippen molar-refractivity contribution in [3.63, 3.8) is 0 Å². The summed E-state index contributed by atoms with van der Waals surface area (Å²) >= 11 is 6.29. The summed E-state index contributed by atoms with van der Waals surface area (Å²) in [5.41, 5.74) is 3.62. The highest BCUT2D eigenvalue weighted by Crippen LogP contribution is 2.29. The van der Waals surface area contributed by atoms with E-state index in [2.05, 4.69) is 15.0 Å². The molecule has 2 heterocycles. The number of nitrogens with one attached hydrogen (secondary N) is 1. The second-order valence-electron chi connectivity index (χ2n) is 4.62. The molecule has 0 aliphatic rings. The number of H-pyrrole nitrogens is 1. The molecule has 4 rings (SSSR count). The van der Waals surface area contributed by atoms with E-state index in [4.69, 9.17) is 11.6 Å². The summed E-state index contributed by atoms with van der Waals surface area (Å²) in [6, 6.07) is 17.8. The van der Waals surface area contributed by atoms with Gasteiger partial charge in [-0.15, -0.1) is 0 Å². The van der Waals surface area contributed by atoms with Gasteiger partial charge in [0.15, 0.2) is 0 Å². The molecule has 4 heteroatoms. The van der Waals surface area contributed by atoms with Crippen molar-refractivity contribution in [3.8, 4) is 11.4 Å². The van der Waals surface area contributed by atoms with Crippen LogP contribution in [0.1, 0.15) is 0 Å². The van der Waals surface area contributed by atoms with E-state index in [-0.39, 0.29) is 0 Å². The average Bonchev–Trinajstić information content (AvgIpc) is 2.90. The van der Waals surface area contributed by atoms with Gasteiger partial charge in [0.2, 0.25) is 0 Å². The molecule has 0 aliphatic heterocycles. The Bertz CT molecular complexity index is 894. The van der Waals surface area contributed by atoms with Gasteiger partial charge in [0.05, 0.1) is 22.1 Å². The van der Waals surface area contributed by atoms with Gasteiger partial charge in [-0.2, -0.15) is 0 Å². The maximum atomic E-state index is 6.29. The second-order valence-corrected chi connectivity index (χ2v) is 4.98. The standard InChI is InChI=1S/C16H10ClN3/c17-15-11(9-10-5-1-2-6-12(10)18-15)16-19-13-7-3-4-8-14(13)20-16/h1-9H,(H,19,20). The van der Waals surface area contributed by atoms with E-state index in [1.165, 1.54) is 0 Å². The fraction of sp³-hybridized carbons (Fsp3) is 0. The first-order valence-electron chi connectivity index (χ1n) is 6.32. The minimum absolute atomic E-state index is 0.461. The van der Waals surface area contributed by atoms with E-state index in [1.54, 1.807) is 0 Å². The molecule has 0 bridgehead atoms. The van der Waals surface area contributed by atoms with Crippen molar-refractivity contribution in [1.82, 2.24) is 15.0 Å². The lowest BCUT2D eigenvalue weighted by Crippen LogP contribution is -1.87. The van der Waals surface area contributed by atoms with Gasteiger partial charge in [0.1, 0.15) is 11.0 Å². The van der Waals surface area contributed by atoms with Gasteiger partial charge in [-0.25, -0.2) is 9.97 Å². The molecule has 0 aliphatic carbocycles. The molecule has 0 atom stereocenters. The summed E-state index contributed by atoms with van der Waals surface area (Å²) in [6.07, 6.45) is 0. The monoisotopic (exact) mass is 279 g/mol. The predicted octanol–water partition coefficient (Wildman–Crippen LogP) is 4.43. The summed E-state index contributed by atoms with van der Waals surface area (Å²) in [4.78, 5) is 12.3. The van der Waals surface area contributed by atoms with Crippen LogP contribution in [-0.2, 0) is 0 Å². The number of rotatable bonds is 1. The second kappa shape index (κ2) is 4.32. The fourth-order valence-electron chi connectivity index (χ4n) is 2.34. The molecule has 1 N–H and O–H groups in total. The molecule has 20 heavy (non-hydrogen) atoms. The molecule has 0 saturated carbocycles. The lowest BCUT2D eigenvalue weighted by atomic mass is 10.1. The fourth-order valence-corrected chi connectivity index (χ4v) is 2.57. The van der Waals surface area contributed by atoms with Crippen molar-refractivity contribution in [2.45, 2.75) is 0 Å². The van der Waals surface area contributed by atoms with Gasteiger partial charge in [0.25, 0.3) is 0 Å². The summed E-state index contributed by atoms with van der Waals surface area (Å²) in [5.74, 6) is 0.745. The Morgan fingerprint density at radius 2 is 1.60 bits per heavy atom. The molecule has 3 nitrogen and oxygen atoms in total. The van der Waals surface area contributed by atoms with Crippen LogP contribution in [0.4, 0.5) is 0 Å². The van der Waals surface area contributed by atoms with Crippen LogP contribution in [0.2, 0.25) is 5.15 Å². The highest BCUT2D eigenvalue weighted by Gasteiger charge is 2.11. The van der Waals surface area contributed by atoms with Gasteiger partial charge < -0.3 is 4.98 Å². The van der Waals surface area contributed by atoms with Crippen molar-refractivity contribution in [2.75, 3.05) is 0 Å². The van der Waals surface area contributed by atoms with Crippen molar-refractivity contribution in [2.24, 2.45) is 0 Å². The van der Waals surface area contributed by atoms with E-state index >= 15 is 0 Å². The van der Waals surface area contributed by atoms with Crippen LogP contribution in [0.5, 0.6) is 0 Å². The molecule has 0 fully saturated rings. The zero-order chi connectivity index (χ0) is 13.5. The summed E-state index contributed by atoms with van der Waals surface area (Å²) in [5, 5.41) is 1.51. The minimum Gasteiger partial charge on any atom is -0.338 e. The summed E-state index contributed by atoms with van der Waals surface area (Å²) in [6.45, 7) is 0. The Morgan fingerprint density at radius 1 is 0.850 bits per heavy atom. The van der Waals surface area contributed by atoms with Gasteiger partial charge in [-0.1, -0.05) is 41.9 Å². The Hall–Kier alpha value is -2.39. The average molecular weight is 280 g/mol. The molecule has 4 aromatic rings. The third-order valence-electron chi connectivity index (χ3n) is 3.32. The lowest BCUT2D eigenvalue weighted by Gasteiger charge is -2.03. The number of hydrogen-bond donors (Lipinski definition) is 1. The number of benzene rings is 2. The Labute approximate surface area is 120 Å². The number of halogens is 1. The molecule has 0 unspecified atom stereocenters. The number of pyridine rings is 1.